The smallest absolute Gasteiger partial charge is 0.179 e. The maximum Gasteiger partial charge on any atom is 0.179 e. The number of ether oxygens (including phenoxy) is 2. The maximum absolute atomic E-state index is 9.10. The third-order valence-corrected chi connectivity index (χ3v) is 3.13. The van der Waals surface area contributed by atoms with Gasteiger partial charge in [-0.2, -0.15) is 5.26 Å². The van der Waals surface area contributed by atoms with Gasteiger partial charge in [-0.25, -0.2) is 0 Å². The van der Waals surface area contributed by atoms with Gasteiger partial charge in [0, 0.05) is 17.6 Å². The summed E-state index contributed by atoms with van der Waals surface area (Å²) in [5.41, 5.74) is 0.491. The summed E-state index contributed by atoms with van der Waals surface area (Å²) in [5.74, 6) is 1.13. The Morgan fingerprint density at radius 1 is 1.47 bits per heavy atom. The van der Waals surface area contributed by atoms with Gasteiger partial charge in [0.2, 0.25) is 0 Å². The quantitative estimate of drug-likeness (QED) is 0.856. The fraction of sp³-hybridized carbons (Fsp3) is 0.417. The first-order chi connectivity index (χ1) is 8.13. The number of likely N-dealkylation sites (tertiary alicyclic amines) is 1. The standard InChI is InChI=1S/C12H13BrN2O2/c1-15-6-10(7-15)17-12-8(5-14)3-9(13)4-11(12)16-2/h3-4,10H,6-7H2,1-2H3. The van der Waals surface area contributed by atoms with E-state index in [1.807, 2.05) is 7.05 Å². The van der Waals surface area contributed by atoms with Crippen molar-refractivity contribution in [2.45, 2.75) is 6.10 Å². The van der Waals surface area contributed by atoms with Gasteiger partial charge in [-0.05, 0) is 19.2 Å². The molecule has 1 aromatic rings. The molecule has 0 N–H and O–H groups in total. The minimum absolute atomic E-state index is 0.141. The van der Waals surface area contributed by atoms with Crippen molar-refractivity contribution >= 4 is 15.9 Å². The summed E-state index contributed by atoms with van der Waals surface area (Å²) >= 11 is 3.34. The Hall–Kier alpha value is -1.25. The van der Waals surface area contributed by atoms with E-state index in [2.05, 4.69) is 26.9 Å². The molecule has 1 aromatic carbocycles. The molecule has 0 radical (unpaired) electrons. The zero-order chi connectivity index (χ0) is 12.4. The van der Waals surface area contributed by atoms with Crippen molar-refractivity contribution in [1.29, 1.82) is 5.26 Å². The van der Waals surface area contributed by atoms with Crippen LogP contribution < -0.4 is 9.47 Å². The van der Waals surface area contributed by atoms with Crippen LogP contribution in [0.15, 0.2) is 16.6 Å². The van der Waals surface area contributed by atoms with Crippen molar-refractivity contribution in [2.24, 2.45) is 0 Å². The fourth-order valence-electron chi connectivity index (χ4n) is 1.81. The average molecular weight is 297 g/mol. The van der Waals surface area contributed by atoms with E-state index in [-0.39, 0.29) is 6.10 Å². The molecule has 17 heavy (non-hydrogen) atoms. The van der Waals surface area contributed by atoms with Gasteiger partial charge in [0.25, 0.3) is 0 Å². The lowest BCUT2D eigenvalue weighted by Crippen LogP contribution is -2.51. The number of hydrogen-bond donors (Lipinski definition) is 0. The summed E-state index contributed by atoms with van der Waals surface area (Å²) in [6.07, 6.45) is 0.141. The zero-order valence-corrected chi connectivity index (χ0v) is 11.3. The summed E-state index contributed by atoms with van der Waals surface area (Å²) in [6, 6.07) is 5.67. The average Bonchev–Trinajstić information content (AvgIpc) is 2.28. The molecule has 0 amide bonds. The van der Waals surface area contributed by atoms with E-state index < -0.39 is 0 Å². The van der Waals surface area contributed by atoms with Crippen LogP contribution in [0.3, 0.4) is 0 Å². The SMILES string of the molecule is COc1cc(Br)cc(C#N)c1OC1CN(C)C1. The Labute approximate surface area is 109 Å². The molecule has 0 atom stereocenters. The monoisotopic (exact) mass is 296 g/mol. The molecular weight excluding hydrogens is 284 g/mol. The van der Waals surface area contributed by atoms with Crippen LogP contribution in [0.2, 0.25) is 0 Å². The van der Waals surface area contributed by atoms with Gasteiger partial charge in [0.05, 0.1) is 12.7 Å². The molecule has 5 heteroatoms. The highest BCUT2D eigenvalue weighted by molar-refractivity contribution is 9.10. The van der Waals surface area contributed by atoms with E-state index in [0.29, 0.717) is 17.1 Å². The highest BCUT2D eigenvalue weighted by Crippen LogP contribution is 2.35. The number of hydrogen-bond acceptors (Lipinski definition) is 4. The van der Waals surface area contributed by atoms with E-state index in [1.165, 1.54) is 0 Å². The Morgan fingerprint density at radius 2 is 2.18 bits per heavy atom. The van der Waals surface area contributed by atoms with Gasteiger partial charge in [0.15, 0.2) is 11.5 Å². The highest BCUT2D eigenvalue weighted by atomic mass is 79.9. The van der Waals surface area contributed by atoms with E-state index in [1.54, 1.807) is 19.2 Å². The lowest BCUT2D eigenvalue weighted by Gasteiger charge is -2.36. The summed E-state index contributed by atoms with van der Waals surface area (Å²) in [6.45, 7) is 1.76. The van der Waals surface area contributed by atoms with Gasteiger partial charge in [-0.3, -0.25) is 4.90 Å². The molecule has 1 aliphatic heterocycles. The van der Waals surface area contributed by atoms with E-state index in [4.69, 9.17) is 14.7 Å². The van der Waals surface area contributed by atoms with Crippen LogP contribution in [0.4, 0.5) is 0 Å². The molecule has 4 nitrogen and oxygen atoms in total. The van der Waals surface area contributed by atoms with Crippen LogP contribution >= 0.6 is 15.9 Å². The highest BCUT2D eigenvalue weighted by Gasteiger charge is 2.27. The van der Waals surface area contributed by atoms with Crippen LogP contribution in [-0.2, 0) is 0 Å². The first-order valence-electron chi connectivity index (χ1n) is 5.27. The van der Waals surface area contributed by atoms with Crippen LogP contribution in [0, 0.1) is 11.3 Å². The molecule has 1 aliphatic rings. The van der Waals surface area contributed by atoms with Crippen molar-refractivity contribution in [1.82, 2.24) is 4.90 Å². The Morgan fingerprint density at radius 3 is 2.71 bits per heavy atom. The minimum atomic E-state index is 0.141. The van der Waals surface area contributed by atoms with Gasteiger partial charge in [-0.1, -0.05) is 15.9 Å². The Kier molecular flexibility index (Phi) is 3.55. The Balaban J connectivity index is 2.27. The Bertz CT molecular complexity index is 464. The van der Waals surface area contributed by atoms with E-state index in [9.17, 15) is 0 Å². The summed E-state index contributed by atoms with van der Waals surface area (Å²) in [7, 11) is 3.60. The molecule has 0 unspecified atom stereocenters. The molecule has 90 valence electrons. The molecule has 0 aromatic heterocycles. The van der Waals surface area contributed by atoms with Gasteiger partial charge >= 0.3 is 0 Å². The topological polar surface area (TPSA) is 45.5 Å². The lowest BCUT2D eigenvalue weighted by atomic mass is 10.1. The molecule has 2 rings (SSSR count). The third kappa shape index (κ3) is 2.54. The summed E-state index contributed by atoms with van der Waals surface area (Å²) in [4.78, 5) is 2.15. The molecule has 1 fully saturated rings. The van der Waals surface area contributed by atoms with E-state index in [0.717, 1.165) is 17.6 Å². The number of rotatable bonds is 3. The third-order valence-electron chi connectivity index (χ3n) is 2.68. The second-order valence-electron chi connectivity index (χ2n) is 4.06. The predicted molar refractivity (Wildman–Crippen MR) is 67.3 cm³/mol. The number of halogens is 1. The summed E-state index contributed by atoms with van der Waals surface area (Å²) < 4.78 is 11.9. The number of nitrogens with zero attached hydrogens (tertiary/aromatic N) is 2. The first kappa shape index (κ1) is 12.2. The van der Waals surface area contributed by atoms with Crippen LogP contribution in [-0.4, -0.2) is 38.3 Å². The normalized spacial score (nSPS) is 16.1. The molecule has 0 saturated carbocycles. The molecule has 1 heterocycles. The fourth-order valence-corrected chi connectivity index (χ4v) is 2.24. The van der Waals surface area contributed by atoms with Crippen LogP contribution in [0.5, 0.6) is 11.5 Å². The first-order valence-corrected chi connectivity index (χ1v) is 6.06. The number of methoxy groups -OCH3 is 1. The predicted octanol–water partition coefficient (Wildman–Crippen LogP) is 2.02. The van der Waals surface area contributed by atoms with Crippen molar-refractivity contribution in [2.75, 3.05) is 27.2 Å². The molecule has 1 saturated heterocycles. The maximum atomic E-state index is 9.10. The van der Waals surface area contributed by atoms with Gasteiger partial charge < -0.3 is 9.47 Å². The van der Waals surface area contributed by atoms with Crippen LogP contribution in [0.25, 0.3) is 0 Å². The van der Waals surface area contributed by atoms with E-state index >= 15 is 0 Å². The largest absolute Gasteiger partial charge is 0.493 e. The van der Waals surface area contributed by atoms with Crippen molar-refractivity contribution < 1.29 is 9.47 Å². The number of likely N-dealkylation sites (N-methyl/N-ethyl adjacent to an activating group) is 1. The second kappa shape index (κ2) is 4.94. The molecule has 0 bridgehead atoms. The summed E-state index contributed by atoms with van der Waals surface area (Å²) in [5, 5.41) is 9.10. The second-order valence-corrected chi connectivity index (χ2v) is 4.97. The van der Waals surface area contributed by atoms with Crippen molar-refractivity contribution in [3.8, 4) is 17.6 Å². The zero-order valence-electron chi connectivity index (χ0n) is 9.74. The van der Waals surface area contributed by atoms with Gasteiger partial charge in [-0.15, -0.1) is 0 Å². The minimum Gasteiger partial charge on any atom is -0.493 e. The van der Waals surface area contributed by atoms with Gasteiger partial charge in [0.1, 0.15) is 12.2 Å². The van der Waals surface area contributed by atoms with Crippen molar-refractivity contribution in [3.63, 3.8) is 0 Å². The van der Waals surface area contributed by atoms with Crippen molar-refractivity contribution in [3.05, 3.63) is 22.2 Å². The number of nitriles is 1. The van der Waals surface area contributed by atoms with Crippen LogP contribution in [0.1, 0.15) is 5.56 Å². The molecule has 0 spiro atoms. The number of benzene rings is 1. The molecule has 0 aliphatic carbocycles. The lowest BCUT2D eigenvalue weighted by molar-refractivity contribution is 0.0367. The molecular formula is C12H13BrN2O2.